The van der Waals surface area contributed by atoms with Gasteiger partial charge in [0.1, 0.15) is 6.17 Å². The van der Waals surface area contributed by atoms with E-state index in [9.17, 15) is 4.39 Å². The van der Waals surface area contributed by atoms with Gasteiger partial charge in [0.05, 0.1) is 0 Å². The molecule has 0 rings (SSSR count). The summed E-state index contributed by atoms with van der Waals surface area (Å²) in [6.45, 7) is 8.50. The number of nitrogens with two attached hydrogens (primary N) is 1. The molecule has 0 spiro atoms. The molecule has 0 aliphatic heterocycles. The SMILES string of the molecule is CCC(C)C(F)C(CN)C(C)C. The minimum absolute atomic E-state index is 0.0277. The molecule has 2 heteroatoms. The molecule has 0 bridgehead atoms. The maximum atomic E-state index is 13.6. The van der Waals surface area contributed by atoms with Gasteiger partial charge in [-0.2, -0.15) is 0 Å². The monoisotopic (exact) mass is 175 g/mol. The third-order valence-corrected chi connectivity index (χ3v) is 2.73. The van der Waals surface area contributed by atoms with Crippen molar-refractivity contribution in [2.24, 2.45) is 23.5 Å². The Balaban J connectivity index is 4.10. The van der Waals surface area contributed by atoms with Crippen LogP contribution in [0.2, 0.25) is 0 Å². The normalized spacial score (nSPS) is 19.2. The standard InChI is InChI=1S/C10H22FN/c1-5-8(4)10(11)9(6-12)7(2)3/h7-10H,5-6,12H2,1-4H3. The van der Waals surface area contributed by atoms with E-state index in [0.29, 0.717) is 12.5 Å². The predicted octanol–water partition coefficient (Wildman–Crippen LogP) is 2.60. The average Bonchev–Trinajstić information content (AvgIpc) is 2.03. The Morgan fingerprint density at radius 1 is 1.25 bits per heavy atom. The lowest BCUT2D eigenvalue weighted by Crippen LogP contribution is -2.33. The molecule has 0 aromatic carbocycles. The molecule has 0 saturated carbocycles. The average molecular weight is 175 g/mol. The molecule has 2 N–H and O–H groups in total. The van der Waals surface area contributed by atoms with Crippen LogP contribution >= 0.6 is 0 Å². The molecule has 0 fully saturated rings. The molecule has 0 aromatic rings. The van der Waals surface area contributed by atoms with Crippen molar-refractivity contribution < 1.29 is 4.39 Å². The van der Waals surface area contributed by atoms with Crippen LogP contribution in [0.4, 0.5) is 4.39 Å². The summed E-state index contributed by atoms with van der Waals surface area (Å²) in [5.74, 6) is 0.514. The van der Waals surface area contributed by atoms with Gasteiger partial charge in [0, 0.05) is 5.92 Å². The van der Waals surface area contributed by atoms with Crippen LogP contribution in [0.25, 0.3) is 0 Å². The minimum Gasteiger partial charge on any atom is -0.330 e. The second-order valence-corrected chi connectivity index (χ2v) is 3.97. The Labute approximate surface area is 75.5 Å². The molecule has 0 aliphatic carbocycles. The number of hydrogen-bond donors (Lipinski definition) is 1. The highest BCUT2D eigenvalue weighted by molar-refractivity contribution is 4.76. The lowest BCUT2D eigenvalue weighted by Gasteiger charge is -2.26. The summed E-state index contributed by atoms with van der Waals surface area (Å²) in [6, 6.07) is 0. The fraction of sp³-hybridized carbons (Fsp3) is 1.00. The molecule has 0 amide bonds. The van der Waals surface area contributed by atoms with Crippen LogP contribution in [-0.4, -0.2) is 12.7 Å². The van der Waals surface area contributed by atoms with Gasteiger partial charge in [-0.05, 0) is 18.4 Å². The van der Waals surface area contributed by atoms with E-state index in [4.69, 9.17) is 5.73 Å². The summed E-state index contributed by atoms with van der Waals surface area (Å²) in [4.78, 5) is 0. The van der Waals surface area contributed by atoms with E-state index in [0.717, 1.165) is 6.42 Å². The van der Waals surface area contributed by atoms with Gasteiger partial charge >= 0.3 is 0 Å². The van der Waals surface area contributed by atoms with Gasteiger partial charge < -0.3 is 5.73 Å². The second-order valence-electron chi connectivity index (χ2n) is 3.97. The van der Waals surface area contributed by atoms with Crippen LogP contribution < -0.4 is 5.73 Å². The van der Waals surface area contributed by atoms with E-state index in [1.807, 2.05) is 27.7 Å². The number of rotatable bonds is 5. The highest BCUT2D eigenvalue weighted by Crippen LogP contribution is 2.24. The maximum absolute atomic E-state index is 13.6. The van der Waals surface area contributed by atoms with Gasteiger partial charge in [-0.1, -0.05) is 34.1 Å². The summed E-state index contributed by atoms with van der Waals surface area (Å²) in [5, 5.41) is 0. The summed E-state index contributed by atoms with van der Waals surface area (Å²) < 4.78 is 13.6. The van der Waals surface area contributed by atoms with Gasteiger partial charge in [0.15, 0.2) is 0 Å². The lowest BCUT2D eigenvalue weighted by molar-refractivity contribution is 0.127. The van der Waals surface area contributed by atoms with E-state index < -0.39 is 6.17 Å². The van der Waals surface area contributed by atoms with E-state index in [-0.39, 0.29) is 11.8 Å². The first-order valence-corrected chi connectivity index (χ1v) is 4.88. The topological polar surface area (TPSA) is 26.0 Å². The molecule has 3 unspecified atom stereocenters. The molecular formula is C10H22FN. The summed E-state index contributed by atoms with van der Waals surface area (Å²) in [7, 11) is 0. The zero-order chi connectivity index (χ0) is 9.72. The predicted molar refractivity (Wildman–Crippen MR) is 51.7 cm³/mol. The second kappa shape index (κ2) is 5.52. The van der Waals surface area contributed by atoms with E-state index in [1.165, 1.54) is 0 Å². The summed E-state index contributed by atoms with van der Waals surface area (Å²) >= 11 is 0. The quantitative estimate of drug-likeness (QED) is 0.683. The molecule has 0 radical (unpaired) electrons. The highest BCUT2D eigenvalue weighted by Gasteiger charge is 2.26. The first-order chi connectivity index (χ1) is 5.54. The van der Waals surface area contributed by atoms with Crippen molar-refractivity contribution in [3.8, 4) is 0 Å². The van der Waals surface area contributed by atoms with Crippen LogP contribution in [-0.2, 0) is 0 Å². The molecule has 12 heavy (non-hydrogen) atoms. The first kappa shape index (κ1) is 11.9. The Morgan fingerprint density at radius 2 is 1.75 bits per heavy atom. The number of alkyl halides is 1. The Morgan fingerprint density at radius 3 is 2.00 bits per heavy atom. The molecular weight excluding hydrogens is 153 g/mol. The minimum atomic E-state index is -0.736. The van der Waals surface area contributed by atoms with Crippen molar-refractivity contribution >= 4 is 0 Å². The van der Waals surface area contributed by atoms with Gasteiger partial charge in [-0.15, -0.1) is 0 Å². The number of halogens is 1. The Hall–Kier alpha value is -0.110. The van der Waals surface area contributed by atoms with E-state index in [1.54, 1.807) is 0 Å². The van der Waals surface area contributed by atoms with Crippen LogP contribution in [0.15, 0.2) is 0 Å². The highest BCUT2D eigenvalue weighted by atomic mass is 19.1. The van der Waals surface area contributed by atoms with Crippen LogP contribution in [0.3, 0.4) is 0 Å². The van der Waals surface area contributed by atoms with Gasteiger partial charge in [0.2, 0.25) is 0 Å². The maximum Gasteiger partial charge on any atom is 0.107 e. The van der Waals surface area contributed by atoms with Crippen molar-refractivity contribution in [3.05, 3.63) is 0 Å². The van der Waals surface area contributed by atoms with Crippen molar-refractivity contribution in [2.75, 3.05) is 6.54 Å². The third kappa shape index (κ3) is 3.10. The molecule has 0 heterocycles. The van der Waals surface area contributed by atoms with Gasteiger partial charge in [0.25, 0.3) is 0 Å². The van der Waals surface area contributed by atoms with Crippen molar-refractivity contribution in [2.45, 2.75) is 40.3 Å². The smallest absolute Gasteiger partial charge is 0.107 e. The van der Waals surface area contributed by atoms with Crippen molar-refractivity contribution in [3.63, 3.8) is 0 Å². The summed E-state index contributed by atoms with van der Waals surface area (Å²) in [5.41, 5.74) is 5.53. The van der Waals surface area contributed by atoms with Gasteiger partial charge in [-0.3, -0.25) is 0 Å². The van der Waals surface area contributed by atoms with Crippen molar-refractivity contribution in [1.82, 2.24) is 0 Å². The molecule has 3 atom stereocenters. The van der Waals surface area contributed by atoms with Crippen LogP contribution in [0.5, 0.6) is 0 Å². The first-order valence-electron chi connectivity index (χ1n) is 4.88. The lowest BCUT2D eigenvalue weighted by atomic mass is 9.84. The van der Waals surface area contributed by atoms with E-state index in [2.05, 4.69) is 0 Å². The zero-order valence-electron chi connectivity index (χ0n) is 8.68. The molecule has 0 aliphatic rings. The van der Waals surface area contributed by atoms with Crippen LogP contribution in [0.1, 0.15) is 34.1 Å². The molecule has 0 aromatic heterocycles. The largest absolute Gasteiger partial charge is 0.330 e. The summed E-state index contributed by atoms with van der Waals surface area (Å²) in [6.07, 6.45) is 0.157. The third-order valence-electron chi connectivity index (χ3n) is 2.73. The molecule has 1 nitrogen and oxygen atoms in total. The molecule has 74 valence electrons. The zero-order valence-corrected chi connectivity index (χ0v) is 8.68. The van der Waals surface area contributed by atoms with E-state index >= 15 is 0 Å². The fourth-order valence-electron chi connectivity index (χ4n) is 1.42. The Kier molecular flexibility index (Phi) is 5.47. The fourth-order valence-corrected chi connectivity index (χ4v) is 1.42. The van der Waals surface area contributed by atoms with Crippen molar-refractivity contribution in [1.29, 1.82) is 0 Å². The number of hydrogen-bond acceptors (Lipinski definition) is 1. The Bertz CT molecular complexity index is 114. The van der Waals surface area contributed by atoms with Gasteiger partial charge in [-0.25, -0.2) is 4.39 Å². The molecule has 0 saturated heterocycles. The van der Waals surface area contributed by atoms with Crippen LogP contribution in [0, 0.1) is 17.8 Å².